The third-order valence-corrected chi connectivity index (χ3v) is 2.71. The van der Waals surface area contributed by atoms with Crippen molar-refractivity contribution in [2.24, 2.45) is 0 Å². The summed E-state index contributed by atoms with van der Waals surface area (Å²) < 4.78 is 7.19. The van der Waals surface area contributed by atoms with E-state index < -0.39 is 0 Å². The second kappa shape index (κ2) is 5.58. The molecular formula is C14H18N2O2. The van der Waals surface area contributed by atoms with Crippen LogP contribution in [0.2, 0.25) is 0 Å². The lowest BCUT2D eigenvalue weighted by atomic mass is 10.3. The molecule has 2 heterocycles. The van der Waals surface area contributed by atoms with Gasteiger partial charge in [0, 0.05) is 18.8 Å². The standard InChI is InChI=1S/C14H18N2O2/c1-3-8-16-10-12(5-7-14(16)17)15-9-13-6-4-11(2)18-13/h4-7,10,15H,3,8-9H2,1-2H3. The molecule has 18 heavy (non-hydrogen) atoms. The second-order valence-electron chi connectivity index (χ2n) is 4.32. The lowest BCUT2D eigenvalue weighted by Crippen LogP contribution is -2.18. The van der Waals surface area contributed by atoms with Gasteiger partial charge in [0.2, 0.25) is 0 Å². The Morgan fingerprint density at radius 2 is 2.11 bits per heavy atom. The fraction of sp³-hybridized carbons (Fsp3) is 0.357. The number of hydrogen-bond donors (Lipinski definition) is 1. The molecule has 0 saturated heterocycles. The zero-order chi connectivity index (χ0) is 13.0. The number of nitrogens with one attached hydrogen (secondary N) is 1. The third-order valence-electron chi connectivity index (χ3n) is 2.71. The average molecular weight is 246 g/mol. The summed E-state index contributed by atoms with van der Waals surface area (Å²) in [5.74, 6) is 1.79. The lowest BCUT2D eigenvalue weighted by Gasteiger charge is -2.08. The minimum atomic E-state index is 0.0382. The van der Waals surface area contributed by atoms with Crippen molar-refractivity contribution in [1.29, 1.82) is 0 Å². The first kappa shape index (κ1) is 12.5. The van der Waals surface area contributed by atoms with E-state index in [9.17, 15) is 4.79 Å². The molecule has 0 bridgehead atoms. The van der Waals surface area contributed by atoms with Gasteiger partial charge in [0.1, 0.15) is 11.5 Å². The average Bonchev–Trinajstić information content (AvgIpc) is 2.76. The number of rotatable bonds is 5. The van der Waals surface area contributed by atoms with E-state index in [1.807, 2.05) is 25.3 Å². The van der Waals surface area contributed by atoms with Gasteiger partial charge in [-0.05, 0) is 31.5 Å². The molecule has 0 spiro atoms. The maximum absolute atomic E-state index is 11.6. The SMILES string of the molecule is CCCn1cc(NCc2ccc(C)o2)ccc1=O. The fourth-order valence-corrected chi connectivity index (χ4v) is 1.82. The topological polar surface area (TPSA) is 47.2 Å². The van der Waals surface area contributed by atoms with Gasteiger partial charge in [-0.3, -0.25) is 4.79 Å². The minimum Gasteiger partial charge on any atom is -0.465 e. The summed E-state index contributed by atoms with van der Waals surface area (Å²) in [5.41, 5.74) is 0.966. The van der Waals surface area contributed by atoms with Crippen LogP contribution >= 0.6 is 0 Å². The first-order valence-electron chi connectivity index (χ1n) is 6.18. The van der Waals surface area contributed by atoms with Crippen molar-refractivity contribution in [2.45, 2.75) is 33.4 Å². The van der Waals surface area contributed by atoms with E-state index in [2.05, 4.69) is 12.2 Å². The van der Waals surface area contributed by atoms with Crippen LogP contribution in [0.15, 0.2) is 39.7 Å². The predicted molar refractivity (Wildman–Crippen MR) is 71.8 cm³/mol. The Morgan fingerprint density at radius 1 is 1.28 bits per heavy atom. The number of pyridine rings is 1. The van der Waals surface area contributed by atoms with Crippen molar-refractivity contribution in [1.82, 2.24) is 4.57 Å². The van der Waals surface area contributed by atoms with Crippen molar-refractivity contribution >= 4 is 5.69 Å². The summed E-state index contributed by atoms with van der Waals surface area (Å²) in [5, 5.41) is 3.25. The van der Waals surface area contributed by atoms with E-state index in [4.69, 9.17) is 4.42 Å². The van der Waals surface area contributed by atoms with Crippen molar-refractivity contribution in [3.05, 3.63) is 52.3 Å². The van der Waals surface area contributed by atoms with Gasteiger partial charge in [0.25, 0.3) is 5.56 Å². The maximum atomic E-state index is 11.6. The van der Waals surface area contributed by atoms with Crippen LogP contribution in [-0.2, 0) is 13.1 Å². The molecule has 0 atom stereocenters. The van der Waals surface area contributed by atoms with Gasteiger partial charge in [0.15, 0.2) is 0 Å². The highest BCUT2D eigenvalue weighted by Crippen LogP contribution is 2.10. The quantitative estimate of drug-likeness (QED) is 0.882. The second-order valence-corrected chi connectivity index (χ2v) is 4.32. The fourth-order valence-electron chi connectivity index (χ4n) is 1.82. The summed E-state index contributed by atoms with van der Waals surface area (Å²) in [6.07, 6.45) is 2.79. The Balaban J connectivity index is 2.05. The molecule has 1 N–H and O–H groups in total. The molecule has 96 valence electrons. The van der Waals surface area contributed by atoms with Crippen LogP contribution in [0.4, 0.5) is 5.69 Å². The molecule has 4 nitrogen and oxygen atoms in total. The Kier molecular flexibility index (Phi) is 3.87. The number of aryl methyl sites for hydroxylation is 2. The third kappa shape index (κ3) is 3.03. The predicted octanol–water partition coefficient (Wildman–Crippen LogP) is 2.77. The van der Waals surface area contributed by atoms with E-state index in [0.717, 1.165) is 30.2 Å². The monoisotopic (exact) mass is 246 g/mol. The molecule has 0 aliphatic heterocycles. The van der Waals surface area contributed by atoms with Crippen LogP contribution in [0.3, 0.4) is 0 Å². The van der Waals surface area contributed by atoms with E-state index in [-0.39, 0.29) is 5.56 Å². The molecule has 0 aliphatic carbocycles. The largest absolute Gasteiger partial charge is 0.465 e. The smallest absolute Gasteiger partial charge is 0.250 e. The molecule has 0 aromatic carbocycles. The van der Waals surface area contributed by atoms with Gasteiger partial charge >= 0.3 is 0 Å². The molecule has 2 aromatic rings. The highest BCUT2D eigenvalue weighted by Gasteiger charge is 2.00. The van der Waals surface area contributed by atoms with Crippen LogP contribution in [0.5, 0.6) is 0 Å². The van der Waals surface area contributed by atoms with E-state index in [1.54, 1.807) is 16.7 Å². The van der Waals surface area contributed by atoms with Gasteiger partial charge in [-0.1, -0.05) is 6.92 Å². The number of anilines is 1. The number of nitrogens with zero attached hydrogens (tertiary/aromatic N) is 1. The molecule has 0 amide bonds. The van der Waals surface area contributed by atoms with Gasteiger partial charge < -0.3 is 14.3 Å². The zero-order valence-electron chi connectivity index (χ0n) is 10.8. The van der Waals surface area contributed by atoms with E-state index >= 15 is 0 Å². The highest BCUT2D eigenvalue weighted by atomic mass is 16.3. The first-order chi connectivity index (χ1) is 8.69. The van der Waals surface area contributed by atoms with Gasteiger partial charge in [-0.25, -0.2) is 0 Å². The van der Waals surface area contributed by atoms with Gasteiger partial charge in [0.05, 0.1) is 12.2 Å². The summed E-state index contributed by atoms with van der Waals surface area (Å²) in [6, 6.07) is 7.27. The molecular weight excluding hydrogens is 228 g/mol. The normalized spacial score (nSPS) is 10.6. The Morgan fingerprint density at radius 3 is 2.78 bits per heavy atom. The summed E-state index contributed by atoms with van der Waals surface area (Å²) in [6.45, 7) is 5.34. The van der Waals surface area contributed by atoms with Crippen LogP contribution < -0.4 is 10.9 Å². The molecule has 0 aliphatic rings. The minimum absolute atomic E-state index is 0.0382. The van der Waals surface area contributed by atoms with E-state index in [0.29, 0.717) is 6.54 Å². The number of aromatic nitrogens is 1. The molecule has 0 unspecified atom stereocenters. The maximum Gasteiger partial charge on any atom is 0.250 e. The molecule has 0 saturated carbocycles. The van der Waals surface area contributed by atoms with Crippen molar-refractivity contribution in [3.8, 4) is 0 Å². The Bertz CT molecular complexity index is 569. The molecule has 4 heteroatoms. The molecule has 0 fully saturated rings. The summed E-state index contributed by atoms with van der Waals surface area (Å²) >= 11 is 0. The van der Waals surface area contributed by atoms with E-state index in [1.165, 1.54) is 0 Å². The molecule has 2 rings (SSSR count). The Labute approximate surface area is 106 Å². The highest BCUT2D eigenvalue weighted by molar-refractivity contribution is 5.40. The van der Waals surface area contributed by atoms with Crippen LogP contribution in [0, 0.1) is 6.92 Å². The summed E-state index contributed by atoms with van der Waals surface area (Å²) in [4.78, 5) is 11.6. The lowest BCUT2D eigenvalue weighted by molar-refractivity contribution is 0.490. The Hall–Kier alpha value is -1.97. The number of hydrogen-bond acceptors (Lipinski definition) is 3. The molecule has 0 radical (unpaired) electrons. The van der Waals surface area contributed by atoms with Crippen molar-refractivity contribution in [3.63, 3.8) is 0 Å². The summed E-state index contributed by atoms with van der Waals surface area (Å²) in [7, 11) is 0. The van der Waals surface area contributed by atoms with Crippen molar-refractivity contribution < 1.29 is 4.42 Å². The number of furan rings is 1. The zero-order valence-corrected chi connectivity index (χ0v) is 10.8. The van der Waals surface area contributed by atoms with Crippen molar-refractivity contribution in [2.75, 3.05) is 5.32 Å². The van der Waals surface area contributed by atoms with Gasteiger partial charge in [-0.2, -0.15) is 0 Å². The van der Waals surface area contributed by atoms with Crippen LogP contribution in [-0.4, -0.2) is 4.57 Å². The van der Waals surface area contributed by atoms with Crippen LogP contribution in [0.1, 0.15) is 24.9 Å². The van der Waals surface area contributed by atoms with Crippen LogP contribution in [0.25, 0.3) is 0 Å². The first-order valence-corrected chi connectivity index (χ1v) is 6.18. The molecule has 2 aromatic heterocycles. The van der Waals surface area contributed by atoms with Gasteiger partial charge in [-0.15, -0.1) is 0 Å².